The van der Waals surface area contributed by atoms with Crippen LogP contribution in [0.3, 0.4) is 0 Å². The van der Waals surface area contributed by atoms with E-state index in [2.05, 4.69) is 6.07 Å². The standard InChI is InChI=1S/C16H26N2O3S/c1-12-6-7-16(13(2)8-12)11-17(5)22(19,20)18-9-14(3)21-15(4)10-18/h6-8,14-15H,9-11H2,1-5H3/t14-,15+. The molecule has 0 aromatic heterocycles. The lowest BCUT2D eigenvalue weighted by Gasteiger charge is -2.36. The van der Waals surface area contributed by atoms with Gasteiger partial charge in [-0.3, -0.25) is 0 Å². The van der Waals surface area contributed by atoms with E-state index in [0.717, 1.165) is 11.1 Å². The van der Waals surface area contributed by atoms with Gasteiger partial charge < -0.3 is 4.74 Å². The van der Waals surface area contributed by atoms with Crippen molar-refractivity contribution in [2.45, 2.75) is 46.4 Å². The predicted octanol–water partition coefficient (Wildman–Crippen LogP) is 2.09. The number of ether oxygens (including phenoxy) is 1. The maximum Gasteiger partial charge on any atom is 0.282 e. The smallest absolute Gasteiger partial charge is 0.282 e. The van der Waals surface area contributed by atoms with Crippen LogP contribution in [-0.4, -0.2) is 49.4 Å². The van der Waals surface area contributed by atoms with E-state index in [-0.39, 0.29) is 12.2 Å². The van der Waals surface area contributed by atoms with Gasteiger partial charge in [-0.05, 0) is 38.8 Å². The molecule has 1 saturated heterocycles. The van der Waals surface area contributed by atoms with Gasteiger partial charge in [0.15, 0.2) is 0 Å². The third kappa shape index (κ3) is 3.87. The Balaban J connectivity index is 2.14. The molecule has 0 unspecified atom stereocenters. The van der Waals surface area contributed by atoms with Crippen LogP contribution < -0.4 is 0 Å². The van der Waals surface area contributed by atoms with Gasteiger partial charge in [0.2, 0.25) is 0 Å². The topological polar surface area (TPSA) is 49.9 Å². The van der Waals surface area contributed by atoms with E-state index in [1.165, 1.54) is 14.2 Å². The van der Waals surface area contributed by atoms with Crippen molar-refractivity contribution >= 4 is 10.2 Å². The van der Waals surface area contributed by atoms with Crippen molar-refractivity contribution in [3.63, 3.8) is 0 Å². The zero-order valence-corrected chi connectivity index (χ0v) is 14.9. The van der Waals surface area contributed by atoms with Crippen molar-refractivity contribution in [1.82, 2.24) is 8.61 Å². The maximum atomic E-state index is 12.8. The molecule has 0 radical (unpaired) electrons. The molecule has 22 heavy (non-hydrogen) atoms. The van der Waals surface area contributed by atoms with Crippen LogP contribution in [-0.2, 0) is 21.5 Å². The molecule has 0 bridgehead atoms. The summed E-state index contributed by atoms with van der Waals surface area (Å²) >= 11 is 0. The van der Waals surface area contributed by atoms with Gasteiger partial charge in [-0.1, -0.05) is 23.8 Å². The van der Waals surface area contributed by atoms with E-state index < -0.39 is 10.2 Å². The van der Waals surface area contributed by atoms with Gasteiger partial charge in [0, 0.05) is 26.7 Å². The lowest BCUT2D eigenvalue weighted by atomic mass is 10.1. The molecule has 1 aromatic carbocycles. The largest absolute Gasteiger partial charge is 0.373 e. The third-order valence-electron chi connectivity index (χ3n) is 4.00. The predicted molar refractivity (Wildman–Crippen MR) is 87.9 cm³/mol. The second-order valence-electron chi connectivity index (χ2n) is 6.27. The molecular formula is C16H26N2O3S. The minimum Gasteiger partial charge on any atom is -0.373 e. The Kier molecular flexibility index (Phi) is 5.27. The van der Waals surface area contributed by atoms with Crippen LogP contribution in [0.5, 0.6) is 0 Å². The monoisotopic (exact) mass is 326 g/mol. The lowest BCUT2D eigenvalue weighted by molar-refractivity contribution is -0.0453. The van der Waals surface area contributed by atoms with Gasteiger partial charge in [0.1, 0.15) is 0 Å². The highest BCUT2D eigenvalue weighted by Gasteiger charge is 2.33. The fourth-order valence-electron chi connectivity index (χ4n) is 2.86. The fraction of sp³-hybridized carbons (Fsp3) is 0.625. The quantitative estimate of drug-likeness (QED) is 0.851. The highest BCUT2D eigenvalue weighted by Crippen LogP contribution is 2.19. The second-order valence-corrected chi connectivity index (χ2v) is 8.30. The average Bonchev–Trinajstić information content (AvgIpc) is 2.40. The number of benzene rings is 1. The molecule has 1 heterocycles. The van der Waals surface area contributed by atoms with Gasteiger partial charge in [-0.15, -0.1) is 0 Å². The first-order chi connectivity index (χ1) is 10.2. The number of hydrogen-bond donors (Lipinski definition) is 0. The van der Waals surface area contributed by atoms with Crippen molar-refractivity contribution in [2.75, 3.05) is 20.1 Å². The summed E-state index contributed by atoms with van der Waals surface area (Å²) in [6.07, 6.45) is -0.152. The van der Waals surface area contributed by atoms with Crippen LogP contribution in [0.2, 0.25) is 0 Å². The van der Waals surface area contributed by atoms with E-state index in [9.17, 15) is 8.42 Å². The summed E-state index contributed by atoms with van der Waals surface area (Å²) in [6, 6.07) is 6.09. The van der Waals surface area contributed by atoms with E-state index in [4.69, 9.17) is 4.74 Å². The van der Waals surface area contributed by atoms with Crippen LogP contribution in [0.4, 0.5) is 0 Å². The Bertz CT molecular complexity index is 620. The van der Waals surface area contributed by atoms with E-state index in [1.54, 1.807) is 7.05 Å². The molecule has 2 rings (SSSR count). The highest BCUT2D eigenvalue weighted by molar-refractivity contribution is 7.86. The van der Waals surface area contributed by atoms with Crippen molar-refractivity contribution in [2.24, 2.45) is 0 Å². The van der Waals surface area contributed by atoms with Crippen LogP contribution in [0.1, 0.15) is 30.5 Å². The molecule has 1 fully saturated rings. The first-order valence-corrected chi connectivity index (χ1v) is 9.03. The van der Waals surface area contributed by atoms with Crippen LogP contribution in [0.15, 0.2) is 18.2 Å². The minimum absolute atomic E-state index is 0.0759. The number of aryl methyl sites for hydroxylation is 2. The first kappa shape index (κ1) is 17.4. The maximum absolute atomic E-state index is 12.8. The van der Waals surface area contributed by atoms with Gasteiger partial charge >= 0.3 is 0 Å². The average molecular weight is 326 g/mol. The molecule has 6 heteroatoms. The molecule has 1 aromatic rings. The molecule has 5 nitrogen and oxygen atoms in total. The molecule has 0 amide bonds. The Hall–Kier alpha value is -0.950. The van der Waals surface area contributed by atoms with Crippen molar-refractivity contribution in [1.29, 1.82) is 0 Å². The van der Waals surface area contributed by atoms with Crippen LogP contribution in [0, 0.1) is 13.8 Å². The molecule has 1 aliphatic rings. The number of rotatable bonds is 4. The molecule has 0 N–H and O–H groups in total. The summed E-state index contributed by atoms with van der Waals surface area (Å²) in [7, 11) is -1.83. The van der Waals surface area contributed by atoms with Gasteiger partial charge in [-0.2, -0.15) is 17.0 Å². The SMILES string of the molecule is Cc1ccc(CN(C)S(=O)(=O)N2C[C@@H](C)O[C@@H](C)C2)c(C)c1. The summed E-state index contributed by atoms with van der Waals surface area (Å²) in [5.74, 6) is 0. The number of morpholine rings is 1. The summed E-state index contributed by atoms with van der Waals surface area (Å²) in [5, 5.41) is 0. The first-order valence-electron chi connectivity index (χ1n) is 7.63. The van der Waals surface area contributed by atoms with Gasteiger partial charge in [0.05, 0.1) is 12.2 Å². The van der Waals surface area contributed by atoms with Crippen LogP contribution >= 0.6 is 0 Å². The van der Waals surface area contributed by atoms with Crippen molar-refractivity contribution < 1.29 is 13.2 Å². The fourth-order valence-corrected chi connectivity index (χ4v) is 4.35. The minimum atomic E-state index is -3.47. The zero-order chi connectivity index (χ0) is 16.5. The highest BCUT2D eigenvalue weighted by atomic mass is 32.2. The van der Waals surface area contributed by atoms with Gasteiger partial charge in [0.25, 0.3) is 10.2 Å². The molecule has 0 saturated carbocycles. The van der Waals surface area contributed by atoms with E-state index >= 15 is 0 Å². The Labute approximate surface area is 134 Å². The summed E-state index contributed by atoms with van der Waals surface area (Å²) in [6.45, 7) is 9.06. The Morgan fingerprint density at radius 3 is 2.36 bits per heavy atom. The number of nitrogens with zero attached hydrogens (tertiary/aromatic N) is 2. The Morgan fingerprint density at radius 2 is 1.82 bits per heavy atom. The van der Waals surface area contributed by atoms with E-state index in [0.29, 0.717) is 19.6 Å². The van der Waals surface area contributed by atoms with Crippen molar-refractivity contribution in [3.05, 3.63) is 34.9 Å². The molecule has 124 valence electrons. The molecular weight excluding hydrogens is 300 g/mol. The molecule has 0 spiro atoms. The van der Waals surface area contributed by atoms with E-state index in [1.807, 2.05) is 39.8 Å². The zero-order valence-electron chi connectivity index (χ0n) is 14.0. The summed E-state index contributed by atoms with van der Waals surface area (Å²) < 4.78 is 34.1. The third-order valence-corrected chi connectivity index (χ3v) is 5.86. The number of hydrogen-bond acceptors (Lipinski definition) is 3. The van der Waals surface area contributed by atoms with Gasteiger partial charge in [-0.25, -0.2) is 0 Å². The molecule has 1 aliphatic heterocycles. The van der Waals surface area contributed by atoms with Crippen molar-refractivity contribution in [3.8, 4) is 0 Å². The Morgan fingerprint density at radius 1 is 1.23 bits per heavy atom. The summed E-state index contributed by atoms with van der Waals surface area (Å²) in [5.41, 5.74) is 3.33. The summed E-state index contributed by atoms with van der Waals surface area (Å²) in [4.78, 5) is 0. The van der Waals surface area contributed by atoms with Crippen LogP contribution in [0.25, 0.3) is 0 Å². The second kappa shape index (κ2) is 6.66. The normalized spacial score (nSPS) is 23.9. The molecule has 2 atom stereocenters. The molecule has 0 aliphatic carbocycles. The lowest BCUT2D eigenvalue weighted by Crippen LogP contribution is -2.52.